The van der Waals surface area contributed by atoms with Gasteiger partial charge in [-0.2, -0.15) is 0 Å². The molecule has 0 aliphatic carbocycles. The van der Waals surface area contributed by atoms with Gasteiger partial charge in [0.1, 0.15) is 0 Å². The SMILES string of the molecule is CCCCC(CC)NCCC(C)(C)C. The maximum absolute atomic E-state index is 3.66. The third-order valence-corrected chi connectivity index (χ3v) is 2.71. The highest BCUT2D eigenvalue weighted by molar-refractivity contribution is 4.68. The number of rotatable bonds is 7. The van der Waals surface area contributed by atoms with Crippen LogP contribution in [0.15, 0.2) is 0 Å². The third kappa shape index (κ3) is 8.55. The summed E-state index contributed by atoms with van der Waals surface area (Å²) in [4.78, 5) is 0. The standard InChI is InChI=1S/C13H29N/c1-6-8-9-12(7-2)14-11-10-13(3,4)5/h12,14H,6-11H2,1-5H3. The lowest BCUT2D eigenvalue weighted by Crippen LogP contribution is -2.31. The lowest BCUT2D eigenvalue weighted by Gasteiger charge is -2.22. The molecule has 1 heteroatoms. The van der Waals surface area contributed by atoms with Gasteiger partial charge in [0.15, 0.2) is 0 Å². The fraction of sp³-hybridized carbons (Fsp3) is 1.00. The molecule has 0 rings (SSSR count). The van der Waals surface area contributed by atoms with Crippen LogP contribution in [-0.4, -0.2) is 12.6 Å². The van der Waals surface area contributed by atoms with Crippen LogP contribution in [0.2, 0.25) is 0 Å². The van der Waals surface area contributed by atoms with Gasteiger partial charge in [-0.05, 0) is 31.2 Å². The number of unbranched alkanes of at least 4 members (excludes halogenated alkanes) is 1. The van der Waals surface area contributed by atoms with Gasteiger partial charge in [-0.1, -0.05) is 47.5 Å². The Morgan fingerprint density at radius 3 is 2.21 bits per heavy atom. The molecule has 14 heavy (non-hydrogen) atoms. The molecule has 0 amide bonds. The highest BCUT2D eigenvalue weighted by Gasteiger charge is 2.11. The van der Waals surface area contributed by atoms with Crippen LogP contribution in [0.1, 0.15) is 66.7 Å². The first kappa shape index (κ1) is 14.0. The van der Waals surface area contributed by atoms with Crippen molar-refractivity contribution >= 4 is 0 Å². The van der Waals surface area contributed by atoms with Crippen molar-refractivity contribution in [1.82, 2.24) is 5.32 Å². The fourth-order valence-corrected chi connectivity index (χ4v) is 1.55. The normalized spacial score (nSPS) is 14.4. The Kier molecular flexibility index (Phi) is 7.26. The van der Waals surface area contributed by atoms with Crippen LogP contribution in [0.4, 0.5) is 0 Å². The summed E-state index contributed by atoms with van der Waals surface area (Å²) in [5.74, 6) is 0. The molecule has 0 saturated heterocycles. The van der Waals surface area contributed by atoms with Crippen molar-refractivity contribution in [3.05, 3.63) is 0 Å². The average molecular weight is 199 g/mol. The van der Waals surface area contributed by atoms with E-state index < -0.39 is 0 Å². The van der Waals surface area contributed by atoms with Gasteiger partial charge < -0.3 is 5.32 Å². The van der Waals surface area contributed by atoms with E-state index in [2.05, 4.69) is 39.9 Å². The van der Waals surface area contributed by atoms with Crippen LogP contribution >= 0.6 is 0 Å². The van der Waals surface area contributed by atoms with Crippen LogP contribution in [-0.2, 0) is 0 Å². The van der Waals surface area contributed by atoms with Gasteiger partial charge in [0, 0.05) is 6.04 Å². The predicted molar refractivity (Wildman–Crippen MR) is 65.7 cm³/mol. The molecule has 0 heterocycles. The molecular weight excluding hydrogens is 170 g/mol. The first-order valence-corrected chi connectivity index (χ1v) is 6.23. The number of hydrogen-bond donors (Lipinski definition) is 1. The minimum atomic E-state index is 0.468. The summed E-state index contributed by atoms with van der Waals surface area (Å²) in [6.07, 6.45) is 6.56. The maximum Gasteiger partial charge on any atom is 0.00644 e. The van der Waals surface area contributed by atoms with E-state index in [1.165, 1.54) is 38.6 Å². The molecule has 0 aliphatic heterocycles. The van der Waals surface area contributed by atoms with Gasteiger partial charge in [0.2, 0.25) is 0 Å². The van der Waals surface area contributed by atoms with E-state index in [1.54, 1.807) is 0 Å². The van der Waals surface area contributed by atoms with Gasteiger partial charge in [0.25, 0.3) is 0 Å². The third-order valence-electron chi connectivity index (χ3n) is 2.71. The largest absolute Gasteiger partial charge is 0.314 e. The van der Waals surface area contributed by atoms with Crippen molar-refractivity contribution in [2.75, 3.05) is 6.54 Å². The zero-order valence-corrected chi connectivity index (χ0v) is 10.8. The van der Waals surface area contributed by atoms with Crippen LogP contribution in [0.5, 0.6) is 0 Å². The molecule has 0 aromatic carbocycles. The number of nitrogens with one attached hydrogen (secondary N) is 1. The quantitative estimate of drug-likeness (QED) is 0.654. The van der Waals surface area contributed by atoms with Crippen LogP contribution in [0.25, 0.3) is 0 Å². The smallest absolute Gasteiger partial charge is 0.00644 e. The van der Waals surface area contributed by atoms with Crippen molar-refractivity contribution < 1.29 is 0 Å². The molecule has 0 fully saturated rings. The molecule has 0 spiro atoms. The molecule has 0 aliphatic rings. The van der Waals surface area contributed by atoms with E-state index in [4.69, 9.17) is 0 Å². The molecule has 86 valence electrons. The summed E-state index contributed by atoms with van der Waals surface area (Å²) >= 11 is 0. The molecular formula is C13H29N. The van der Waals surface area contributed by atoms with Gasteiger partial charge in [-0.25, -0.2) is 0 Å². The Morgan fingerprint density at radius 2 is 1.79 bits per heavy atom. The molecule has 0 saturated carbocycles. The summed E-state index contributed by atoms with van der Waals surface area (Å²) < 4.78 is 0. The zero-order valence-electron chi connectivity index (χ0n) is 10.8. The topological polar surface area (TPSA) is 12.0 Å². The second-order valence-electron chi connectivity index (χ2n) is 5.51. The first-order valence-electron chi connectivity index (χ1n) is 6.23. The van der Waals surface area contributed by atoms with Crippen molar-refractivity contribution in [1.29, 1.82) is 0 Å². The Bertz CT molecular complexity index is 124. The fourth-order valence-electron chi connectivity index (χ4n) is 1.55. The molecule has 1 unspecified atom stereocenters. The van der Waals surface area contributed by atoms with E-state index >= 15 is 0 Å². The summed E-state index contributed by atoms with van der Waals surface area (Å²) in [5, 5.41) is 3.66. The highest BCUT2D eigenvalue weighted by atomic mass is 14.9. The molecule has 0 radical (unpaired) electrons. The minimum absolute atomic E-state index is 0.468. The monoisotopic (exact) mass is 199 g/mol. The highest BCUT2D eigenvalue weighted by Crippen LogP contribution is 2.17. The van der Waals surface area contributed by atoms with Crippen molar-refractivity contribution in [3.63, 3.8) is 0 Å². The summed E-state index contributed by atoms with van der Waals surface area (Å²) in [7, 11) is 0. The van der Waals surface area contributed by atoms with Crippen molar-refractivity contribution in [2.24, 2.45) is 5.41 Å². The molecule has 0 bridgehead atoms. The van der Waals surface area contributed by atoms with Gasteiger partial charge >= 0.3 is 0 Å². The van der Waals surface area contributed by atoms with Crippen LogP contribution in [0, 0.1) is 5.41 Å². The molecule has 1 nitrogen and oxygen atoms in total. The van der Waals surface area contributed by atoms with Crippen LogP contribution < -0.4 is 5.32 Å². The van der Waals surface area contributed by atoms with E-state index in [1.807, 2.05) is 0 Å². The first-order chi connectivity index (χ1) is 6.49. The summed E-state index contributed by atoms with van der Waals surface area (Å²) in [6, 6.07) is 0.747. The van der Waals surface area contributed by atoms with E-state index in [9.17, 15) is 0 Å². The molecule has 1 atom stereocenters. The predicted octanol–water partition coefficient (Wildman–Crippen LogP) is 3.98. The van der Waals surface area contributed by atoms with E-state index in [0.717, 1.165) is 6.04 Å². The minimum Gasteiger partial charge on any atom is -0.314 e. The molecule has 0 aromatic heterocycles. The van der Waals surface area contributed by atoms with Gasteiger partial charge in [0.05, 0.1) is 0 Å². The lowest BCUT2D eigenvalue weighted by molar-refractivity contribution is 0.344. The van der Waals surface area contributed by atoms with Gasteiger partial charge in [-0.3, -0.25) is 0 Å². The van der Waals surface area contributed by atoms with Crippen molar-refractivity contribution in [3.8, 4) is 0 Å². The Labute approximate surface area is 90.7 Å². The summed E-state index contributed by atoms with van der Waals surface area (Å²) in [6.45, 7) is 12.6. The second kappa shape index (κ2) is 7.28. The van der Waals surface area contributed by atoms with Crippen molar-refractivity contribution in [2.45, 2.75) is 72.8 Å². The summed E-state index contributed by atoms with van der Waals surface area (Å²) in [5.41, 5.74) is 0.468. The maximum atomic E-state index is 3.66. The molecule has 0 aromatic rings. The Morgan fingerprint density at radius 1 is 1.14 bits per heavy atom. The van der Waals surface area contributed by atoms with E-state index in [-0.39, 0.29) is 0 Å². The van der Waals surface area contributed by atoms with Gasteiger partial charge in [-0.15, -0.1) is 0 Å². The average Bonchev–Trinajstić information content (AvgIpc) is 2.09. The van der Waals surface area contributed by atoms with Crippen LogP contribution in [0.3, 0.4) is 0 Å². The van der Waals surface area contributed by atoms with E-state index in [0.29, 0.717) is 5.41 Å². The number of hydrogen-bond acceptors (Lipinski definition) is 1. The lowest BCUT2D eigenvalue weighted by atomic mass is 9.92. The zero-order chi connectivity index (χ0) is 11.0. The second-order valence-corrected chi connectivity index (χ2v) is 5.51. The Balaban J connectivity index is 3.52. The molecule has 1 N–H and O–H groups in total. The Hall–Kier alpha value is -0.0400.